The third kappa shape index (κ3) is 10.0. The highest BCUT2D eigenvalue weighted by molar-refractivity contribution is 7.33. The topological polar surface area (TPSA) is 135 Å². The van der Waals surface area contributed by atoms with Gasteiger partial charge in [0.2, 0.25) is 0 Å². The minimum Gasteiger partial charge on any atom is -0.574 e. The van der Waals surface area contributed by atoms with E-state index in [4.69, 9.17) is 37.2 Å². The van der Waals surface area contributed by atoms with Gasteiger partial charge < -0.3 is 14.4 Å². The van der Waals surface area contributed by atoms with Crippen molar-refractivity contribution in [2.24, 2.45) is 16.7 Å². The Morgan fingerprint density at radius 1 is 1.11 bits per heavy atom. The first kappa shape index (κ1) is 30.1. The molecule has 1 N–H and O–H groups in total. The van der Waals surface area contributed by atoms with Crippen LogP contribution in [-0.2, 0) is 9.53 Å². The maximum absolute atomic E-state index is 12.8. The van der Waals surface area contributed by atoms with Gasteiger partial charge in [-0.3, -0.25) is 19.4 Å². The highest BCUT2D eigenvalue weighted by atomic mass is 35.5. The number of ether oxygens (including phenoxy) is 2. The normalized spacial score (nSPS) is 14.7. The van der Waals surface area contributed by atoms with Crippen LogP contribution < -0.4 is 19.6 Å². The lowest BCUT2D eigenvalue weighted by Gasteiger charge is -2.26. The number of carbonyl (C=O) groups is 1. The van der Waals surface area contributed by atoms with E-state index in [0.29, 0.717) is 30.3 Å². The molecule has 206 valence electrons. The highest BCUT2D eigenvalue weighted by Gasteiger charge is 2.37. The van der Waals surface area contributed by atoms with Crippen LogP contribution >= 0.6 is 31.4 Å². The summed E-state index contributed by atoms with van der Waals surface area (Å²) in [4.78, 5) is 39.3. The Hall–Kier alpha value is -2.49. The molecule has 0 heterocycles. The van der Waals surface area contributed by atoms with E-state index in [0.717, 1.165) is 25.7 Å². The van der Waals surface area contributed by atoms with E-state index in [-0.39, 0.29) is 17.4 Å². The van der Waals surface area contributed by atoms with E-state index in [2.05, 4.69) is 10.3 Å². The fourth-order valence-corrected chi connectivity index (χ4v) is 4.79. The molecular formula is C25H30Cl2N3O7P. The summed E-state index contributed by atoms with van der Waals surface area (Å²) in [6.07, 6.45) is 4.46. The first-order chi connectivity index (χ1) is 18.1. The molecule has 3 rings (SSSR count). The molecule has 0 radical (unpaired) electrons. The number of alkyl halides is 2. The lowest BCUT2D eigenvalue weighted by Crippen LogP contribution is -2.39. The van der Waals surface area contributed by atoms with Crippen LogP contribution in [-0.4, -0.2) is 21.5 Å². The molecule has 0 bridgehead atoms. The third-order valence-corrected chi connectivity index (χ3v) is 7.18. The van der Waals surface area contributed by atoms with Gasteiger partial charge in [0.15, 0.2) is 5.75 Å². The number of esters is 1. The molecule has 38 heavy (non-hydrogen) atoms. The molecule has 2 aromatic rings. The van der Waals surface area contributed by atoms with Crippen molar-refractivity contribution in [3.05, 3.63) is 58.6 Å². The summed E-state index contributed by atoms with van der Waals surface area (Å²) >= 11 is 12.6. The molecular weight excluding hydrogens is 556 g/mol. The average Bonchev–Trinajstić information content (AvgIpc) is 3.70. The number of nitrogens with zero attached hydrogens (tertiary/aromatic N) is 2. The van der Waals surface area contributed by atoms with Gasteiger partial charge in [-0.15, -0.1) is 0 Å². The Bertz CT molecular complexity index is 1110. The van der Waals surface area contributed by atoms with Crippen LogP contribution in [0.1, 0.15) is 52.4 Å². The van der Waals surface area contributed by atoms with Gasteiger partial charge in [0, 0.05) is 23.4 Å². The van der Waals surface area contributed by atoms with Crippen LogP contribution in [0.25, 0.3) is 0 Å². The zero-order valence-electron chi connectivity index (χ0n) is 21.0. The van der Waals surface area contributed by atoms with E-state index >= 15 is 0 Å². The van der Waals surface area contributed by atoms with Crippen molar-refractivity contribution in [2.45, 2.75) is 62.9 Å². The molecule has 1 aliphatic carbocycles. The molecule has 13 heteroatoms. The molecule has 0 spiro atoms. The van der Waals surface area contributed by atoms with Crippen molar-refractivity contribution in [2.75, 3.05) is 0 Å². The summed E-state index contributed by atoms with van der Waals surface area (Å²) in [6.45, 7) is 4.04. The van der Waals surface area contributed by atoms with Crippen molar-refractivity contribution < 1.29 is 28.6 Å². The molecule has 0 amide bonds. The number of benzene rings is 2. The summed E-state index contributed by atoms with van der Waals surface area (Å²) in [6, 6.07) is 11.0. The molecule has 2 aromatic carbocycles. The van der Waals surface area contributed by atoms with Crippen LogP contribution in [0.15, 0.2) is 53.4 Å². The zero-order chi connectivity index (χ0) is 27.7. The number of hydrogen-bond acceptors (Lipinski definition) is 8. The maximum atomic E-state index is 12.8. The summed E-state index contributed by atoms with van der Waals surface area (Å²) in [5.74, 6) is 1.03. The number of nitro benzene ring substituents is 1. The average molecular weight is 586 g/mol. The lowest BCUT2D eigenvalue weighted by atomic mass is 10.00. The summed E-state index contributed by atoms with van der Waals surface area (Å²) in [5.41, 5.74) is 2.58. The molecule has 10 nitrogen and oxygen atoms in total. The Kier molecular flexibility index (Phi) is 11.1. The number of nitro groups is 1. The predicted octanol–water partition coefficient (Wildman–Crippen LogP) is 6.80. The van der Waals surface area contributed by atoms with E-state index in [1.807, 2.05) is 13.8 Å². The Morgan fingerprint density at radius 2 is 1.66 bits per heavy atom. The monoisotopic (exact) mass is 585 g/mol. The van der Waals surface area contributed by atoms with Gasteiger partial charge in [-0.1, -0.05) is 62.7 Å². The maximum Gasteiger partial charge on any atom is 0.412 e. The second-order valence-electron chi connectivity index (χ2n) is 9.06. The smallest absolute Gasteiger partial charge is 0.412 e. The Balaban J connectivity index is 1.55. The van der Waals surface area contributed by atoms with E-state index < -0.39 is 29.6 Å². The van der Waals surface area contributed by atoms with Crippen molar-refractivity contribution >= 4 is 43.0 Å². The van der Waals surface area contributed by atoms with Crippen molar-refractivity contribution in [3.8, 4) is 17.2 Å². The minimum absolute atomic E-state index is 0.0406. The molecule has 0 aromatic heterocycles. The number of hydrogen-bond donors (Lipinski definition) is 1. The third-order valence-electron chi connectivity index (χ3n) is 6.07. The SMILES string of the molecule is CCC(CC)CC(Cl)(Cl)OC(=O)[C@H](CC1CC1)N/N=[P+](/[O-])Oc1ccc(Oc2ccc([N+](=O)[O-])cc2)cc1. The lowest BCUT2D eigenvalue weighted by molar-refractivity contribution is -0.384. The van der Waals surface area contributed by atoms with Crippen LogP contribution in [0, 0.1) is 22.0 Å². The largest absolute Gasteiger partial charge is 0.574 e. The highest BCUT2D eigenvalue weighted by Crippen LogP contribution is 2.37. The number of rotatable bonds is 15. The molecule has 1 saturated carbocycles. The Labute approximate surface area is 232 Å². The standard InChI is InChI=1S/C25H30Cl2N3O7P/c1-3-17(4-2)16-25(26,27)36-24(31)23(15-18-5-6-18)28-29-38(34)37-22-13-11-21(12-14-22)35-20-9-7-19(8-10-20)30(32)33/h7-14,17-18,23,28H,3-6,15-16H2,1-2H3/t23-/m0/s1. The van der Waals surface area contributed by atoms with Gasteiger partial charge >= 0.3 is 14.1 Å². The van der Waals surface area contributed by atoms with Crippen molar-refractivity contribution in [1.29, 1.82) is 0 Å². The Morgan fingerprint density at radius 3 is 2.18 bits per heavy atom. The van der Waals surface area contributed by atoms with Gasteiger partial charge in [0.1, 0.15) is 17.5 Å². The van der Waals surface area contributed by atoms with Gasteiger partial charge in [-0.05, 0) is 54.7 Å². The molecule has 1 unspecified atom stereocenters. The van der Waals surface area contributed by atoms with E-state index in [9.17, 15) is 19.8 Å². The van der Waals surface area contributed by atoms with Crippen molar-refractivity contribution in [3.63, 3.8) is 0 Å². The molecule has 1 aliphatic rings. The predicted molar refractivity (Wildman–Crippen MR) is 143 cm³/mol. The fraction of sp³-hybridized carbons (Fsp3) is 0.480. The second kappa shape index (κ2) is 14.1. The van der Waals surface area contributed by atoms with Gasteiger partial charge in [-0.2, -0.15) is 5.43 Å². The number of halogens is 2. The minimum atomic E-state index is -2.55. The molecule has 0 saturated heterocycles. The zero-order valence-corrected chi connectivity index (χ0v) is 23.5. The number of carbonyl (C=O) groups excluding carboxylic acids is 1. The first-order valence-electron chi connectivity index (χ1n) is 12.3. The first-order valence-corrected chi connectivity index (χ1v) is 14.2. The number of nitrogens with one attached hydrogen (secondary N) is 1. The van der Waals surface area contributed by atoms with Gasteiger partial charge in [0.05, 0.1) is 4.92 Å². The van der Waals surface area contributed by atoms with Crippen molar-refractivity contribution in [1.82, 2.24) is 5.43 Å². The van der Waals surface area contributed by atoms with Crippen LogP contribution in [0.4, 0.5) is 5.69 Å². The molecule has 0 aliphatic heterocycles. The molecule has 2 atom stereocenters. The molecule has 1 fully saturated rings. The summed E-state index contributed by atoms with van der Waals surface area (Å²) < 4.78 is 14.7. The van der Waals surface area contributed by atoms with Crippen LogP contribution in [0.2, 0.25) is 0 Å². The summed E-state index contributed by atoms with van der Waals surface area (Å²) in [5, 5.41) is 10.8. The second-order valence-corrected chi connectivity index (χ2v) is 11.3. The van der Waals surface area contributed by atoms with E-state index in [1.165, 1.54) is 36.4 Å². The van der Waals surface area contributed by atoms with Crippen LogP contribution in [0.3, 0.4) is 0 Å². The van der Waals surface area contributed by atoms with E-state index in [1.54, 1.807) is 12.1 Å². The fourth-order valence-electron chi connectivity index (χ4n) is 3.63. The van der Waals surface area contributed by atoms with Gasteiger partial charge in [0.25, 0.3) is 10.2 Å². The number of non-ortho nitro benzene ring substituents is 1. The van der Waals surface area contributed by atoms with Crippen LogP contribution in [0.5, 0.6) is 17.2 Å². The summed E-state index contributed by atoms with van der Waals surface area (Å²) in [7, 11) is -2.55. The van der Waals surface area contributed by atoms with Gasteiger partial charge in [-0.25, -0.2) is 0 Å². The quantitative estimate of drug-likeness (QED) is 0.0792.